The van der Waals surface area contributed by atoms with Gasteiger partial charge in [0, 0.05) is 18.9 Å². The van der Waals surface area contributed by atoms with E-state index in [2.05, 4.69) is 10.6 Å². The second-order valence-electron chi connectivity index (χ2n) is 5.28. The zero-order valence-electron chi connectivity index (χ0n) is 11.8. The van der Waals surface area contributed by atoms with Gasteiger partial charge in [0.1, 0.15) is 5.69 Å². The zero-order valence-corrected chi connectivity index (χ0v) is 12.6. The molecule has 0 aromatic heterocycles. The Hall–Kier alpha value is -1.67. The van der Waals surface area contributed by atoms with Crippen LogP contribution in [-0.4, -0.2) is 39.2 Å². The fourth-order valence-electron chi connectivity index (χ4n) is 2.38. The van der Waals surface area contributed by atoms with E-state index in [1.165, 1.54) is 12.1 Å². The van der Waals surface area contributed by atoms with E-state index in [1.807, 2.05) is 0 Å². The van der Waals surface area contributed by atoms with Gasteiger partial charge in [0.05, 0.1) is 9.82 Å². The fraction of sp³-hybridized carbons (Fsp3) is 0.538. The number of hydrogen-bond acceptors (Lipinski definition) is 6. The summed E-state index contributed by atoms with van der Waals surface area (Å²) >= 11 is 0. The molecule has 1 heterocycles. The van der Waals surface area contributed by atoms with E-state index < -0.39 is 14.8 Å². The van der Waals surface area contributed by atoms with Crippen LogP contribution in [0.25, 0.3) is 0 Å². The highest BCUT2D eigenvalue weighted by molar-refractivity contribution is 7.90. The number of piperidine rings is 1. The molecule has 8 heteroatoms. The number of nitrogens with one attached hydrogen (secondary N) is 2. The molecule has 1 aliphatic heterocycles. The summed E-state index contributed by atoms with van der Waals surface area (Å²) in [5, 5.41) is 17.5. The van der Waals surface area contributed by atoms with Crippen molar-refractivity contribution < 1.29 is 13.3 Å². The Morgan fingerprint density at radius 2 is 2.05 bits per heavy atom. The van der Waals surface area contributed by atoms with Crippen molar-refractivity contribution >= 4 is 21.2 Å². The molecule has 0 amide bonds. The van der Waals surface area contributed by atoms with Crippen LogP contribution in [0.15, 0.2) is 23.1 Å². The molecule has 2 rings (SSSR count). The minimum atomic E-state index is -3.45. The van der Waals surface area contributed by atoms with Crippen LogP contribution in [0.4, 0.5) is 11.4 Å². The second kappa shape index (κ2) is 6.40. The van der Waals surface area contributed by atoms with E-state index in [0.717, 1.165) is 38.3 Å². The Kier molecular flexibility index (Phi) is 4.79. The van der Waals surface area contributed by atoms with Crippen molar-refractivity contribution in [1.29, 1.82) is 0 Å². The summed E-state index contributed by atoms with van der Waals surface area (Å²) in [6.45, 7) is 2.57. The molecular formula is C13H19N3O4S. The molecule has 2 N–H and O–H groups in total. The maximum Gasteiger partial charge on any atom is 0.293 e. The van der Waals surface area contributed by atoms with Gasteiger partial charge in [-0.2, -0.15) is 0 Å². The smallest absolute Gasteiger partial charge is 0.293 e. The third-order valence-corrected chi connectivity index (χ3v) is 4.74. The molecule has 7 nitrogen and oxygen atoms in total. The third-order valence-electron chi connectivity index (χ3n) is 3.63. The van der Waals surface area contributed by atoms with Crippen molar-refractivity contribution in [1.82, 2.24) is 5.32 Å². The molecule has 0 aliphatic carbocycles. The Morgan fingerprint density at radius 3 is 2.62 bits per heavy atom. The lowest BCUT2D eigenvalue weighted by molar-refractivity contribution is -0.384. The van der Waals surface area contributed by atoms with Gasteiger partial charge in [-0.25, -0.2) is 8.42 Å². The highest BCUT2D eigenvalue weighted by Gasteiger charge is 2.20. The minimum Gasteiger partial charge on any atom is -0.379 e. The molecule has 0 atom stereocenters. The summed E-state index contributed by atoms with van der Waals surface area (Å²) in [6.07, 6.45) is 3.10. The maximum atomic E-state index is 11.5. The van der Waals surface area contributed by atoms with E-state index in [1.54, 1.807) is 0 Å². The van der Waals surface area contributed by atoms with Crippen LogP contribution in [0.3, 0.4) is 0 Å². The van der Waals surface area contributed by atoms with E-state index in [4.69, 9.17) is 0 Å². The van der Waals surface area contributed by atoms with Gasteiger partial charge in [-0.05, 0) is 44.0 Å². The number of nitro benzene ring substituents is 1. The van der Waals surface area contributed by atoms with Gasteiger partial charge in [-0.1, -0.05) is 0 Å². The first kappa shape index (κ1) is 15.7. The molecule has 0 bridgehead atoms. The van der Waals surface area contributed by atoms with Gasteiger partial charge in [-0.15, -0.1) is 0 Å². The van der Waals surface area contributed by atoms with Gasteiger partial charge in [0.15, 0.2) is 9.84 Å². The van der Waals surface area contributed by atoms with E-state index in [9.17, 15) is 18.5 Å². The number of anilines is 1. The standard InChI is InChI=1S/C13H19N3O4S/c1-21(19,20)11-2-3-12(13(8-11)16(17)18)15-9-10-4-6-14-7-5-10/h2-3,8,10,14-15H,4-7,9H2,1H3. The first-order valence-electron chi connectivity index (χ1n) is 6.81. The summed E-state index contributed by atoms with van der Waals surface area (Å²) in [5.74, 6) is 0.473. The monoisotopic (exact) mass is 313 g/mol. The first-order chi connectivity index (χ1) is 9.88. The number of nitro groups is 1. The number of sulfone groups is 1. The van der Waals surface area contributed by atoms with E-state index in [-0.39, 0.29) is 10.6 Å². The molecule has 1 aromatic carbocycles. The van der Waals surface area contributed by atoms with Crippen LogP contribution in [0, 0.1) is 16.0 Å². The summed E-state index contributed by atoms with van der Waals surface area (Å²) < 4.78 is 22.9. The quantitative estimate of drug-likeness (QED) is 0.629. The van der Waals surface area contributed by atoms with Gasteiger partial charge < -0.3 is 10.6 Å². The predicted octanol–water partition coefficient (Wildman–Crippen LogP) is 1.41. The third kappa shape index (κ3) is 4.15. The van der Waals surface area contributed by atoms with Crippen LogP contribution in [0.5, 0.6) is 0 Å². The zero-order chi connectivity index (χ0) is 15.5. The lowest BCUT2D eigenvalue weighted by Gasteiger charge is -2.23. The maximum absolute atomic E-state index is 11.5. The SMILES string of the molecule is CS(=O)(=O)c1ccc(NCC2CCNCC2)c([N+](=O)[O-])c1. The average Bonchev–Trinajstić information content (AvgIpc) is 2.45. The van der Waals surface area contributed by atoms with Crippen LogP contribution < -0.4 is 10.6 Å². The van der Waals surface area contributed by atoms with Crippen LogP contribution in [0.1, 0.15) is 12.8 Å². The summed E-state index contributed by atoms with van der Waals surface area (Å²) in [4.78, 5) is 10.5. The first-order valence-corrected chi connectivity index (χ1v) is 8.70. The Bertz CT molecular complexity index is 624. The lowest BCUT2D eigenvalue weighted by atomic mass is 9.98. The van der Waals surface area contributed by atoms with Crippen molar-refractivity contribution in [3.05, 3.63) is 28.3 Å². The van der Waals surface area contributed by atoms with Crippen molar-refractivity contribution in [3.8, 4) is 0 Å². The van der Waals surface area contributed by atoms with Crippen molar-refractivity contribution in [2.75, 3.05) is 31.2 Å². The van der Waals surface area contributed by atoms with Gasteiger partial charge >= 0.3 is 0 Å². The topological polar surface area (TPSA) is 101 Å². The number of hydrogen-bond donors (Lipinski definition) is 2. The largest absolute Gasteiger partial charge is 0.379 e. The van der Waals surface area contributed by atoms with Crippen molar-refractivity contribution in [2.24, 2.45) is 5.92 Å². The highest BCUT2D eigenvalue weighted by atomic mass is 32.2. The summed E-state index contributed by atoms with van der Waals surface area (Å²) in [6, 6.07) is 3.97. The van der Waals surface area contributed by atoms with Gasteiger partial charge in [0.2, 0.25) is 0 Å². The average molecular weight is 313 g/mol. The lowest BCUT2D eigenvalue weighted by Crippen LogP contribution is -2.31. The number of rotatable bonds is 5. The minimum absolute atomic E-state index is 0.0402. The van der Waals surface area contributed by atoms with Crippen LogP contribution >= 0.6 is 0 Å². The summed E-state index contributed by atoms with van der Waals surface area (Å²) in [5.41, 5.74) is 0.165. The van der Waals surface area contributed by atoms with Crippen LogP contribution in [-0.2, 0) is 9.84 Å². The molecule has 1 fully saturated rings. The molecule has 1 aromatic rings. The molecule has 0 saturated carbocycles. The van der Waals surface area contributed by atoms with Crippen molar-refractivity contribution in [3.63, 3.8) is 0 Å². The second-order valence-corrected chi connectivity index (χ2v) is 7.30. The normalized spacial score (nSPS) is 16.6. The molecule has 1 saturated heterocycles. The van der Waals surface area contributed by atoms with Gasteiger partial charge in [-0.3, -0.25) is 10.1 Å². The molecular weight excluding hydrogens is 294 g/mol. The molecule has 1 aliphatic rings. The Labute approximate surface area is 123 Å². The highest BCUT2D eigenvalue weighted by Crippen LogP contribution is 2.28. The Balaban J connectivity index is 2.16. The molecule has 0 radical (unpaired) electrons. The van der Waals surface area contributed by atoms with E-state index in [0.29, 0.717) is 18.2 Å². The molecule has 21 heavy (non-hydrogen) atoms. The van der Waals surface area contributed by atoms with Gasteiger partial charge in [0.25, 0.3) is 5.69 Å². The van der Waals surface area contributed by atoms with E-state index >= 15 is 0 Å². The number of benzene rings is 1. The molecule has 0 unspecified atom stereocenters. The predicted molar refractivity (Wildman–Crippen MR) is 80.3 cm³/mol. The van der Waals surface area contributed by atoms with Crippen molar-refractivity contribution in [2.45, 2.75) is 17.7 Å². The Morgan fingerprint density at radius 1 is 1.38 bits per heavy atom. The number of nitrogens with zero attached hydrogens (tertiary/aromatic N) is 1. The molecule has 116 valence electrons. The molecule has 0 spiro atoms. The van der Waals surface area contributed by atoms with Crippen LogP contribution in [0.2, 0.25) is 0 Å². The fourth-order valence-corrected chi connectivity index (χ4v) is 3.02. The summed E-state index contributed by atoms with van der Waals surface area (Å²) in [7, 11) is -3.45.